The molecule has 12 nitrogen and oxygen atoms in total. The second-order valence-electron chi connectivity index (χ2n) is 8.47. The Morgan fingerprint density at radius 1 is 1.25 bits per heavy atom. The number of ether oxygens (including phenoxy) is 2. The van der Waals surface area contributed by atoms with Crippen molar-refractivity contribution in [1.29, 1.82) is 0 Å². The van der Waals surface area contributed by atoms with Crippen LogP contribution >= 0.6 is 11.5 Å². The summed E-state index contributed by atoms with van der Waals surface area (Å²) in [6.07, 6.45) is 4.17. The van der Waals surface area contributed by atoms with Gasteiger partial charge in [0.1, 0.15) is 17.7 Å². The number of carbonyl (C=O) groups is 2. The summed E-state index contributed by atoms with van der Waals surface area (Å²) in [4.78, 5) is 47.8. The number of carboxylic acid groups (broad SMARTS) is 1. The van der Waals surface area contributed by atoms with Crippen LogP contribution in [0.25, 0.3) is 16.2 Å². The minimum atomic E-state index is -1.32. The Hall–Kier alpha value is -3.42. The number of methoxy groups -OCH3 is 1. The molecular weight excluding hydrogens is 488 g/mol. The Balaban J connectivity index is 1.43. The summed E-state index contributed by atoms with van der Waals surface area (Å²) in [5.41, 5.74) is -0.0651. The standard InChI is InChI=1S/C23H28N6O6S/c1-14-9-17(28-10-15(11-28)21(31)24-5-3-7-35-8-4-6-34-2)27-20-18(14)19(30)16(22(32)33)12-29(20)23-25-13-26-36-23/h9,12-13,15H,3-8,10-11H2,1-2H3,(H,24,31)(H,32,33). The Morgan fingerprint density at radius 2 is 2.03 bits per heavy atom. The monoisotopic (exact) mass is 516 g/mol. The van der Waals surface area contributed by atoms with E-state index in [2.05, 4.69) is 19.7 Å². The number of anilines is 1. The van der Waals surface area contributed by atoms with Crippen molar-refractivity contribution >= 4 is 40.3 Å². The number of pyridine rings is 2. The van der Waals surface area contributed by atoms with Crippen molar-refractivity contribution in [3.05, 3.63) is 39.9 Å². The number of fused-ring (bicyclic) bond motifs is 1. The first kappa shape index (κ1) is 25.7. The first-order chi connectivity index (χ1) is 17.4. The minimum absolute atomic E-state index is 0.0139. The van der Waals surface area contributed by atoms with E-state index in [-0.39, 0.29) is 22.8 Å². The molecule has 0 atom stereocenters. The summed E-state index contributed by atoms with van der Waals surface area (Å²) in [6.45, 7) is 5.17. The van der Waals surface area contributed by atoms with E-state index in [9.17, 15) is 19.5 Å². The number of aryl methyl sites for hydroxylation is 1. The van der Waals surface area contributed by atoms with E-state index < -0.39 is 11.4 Å². The van der Waals surface area contributed by atoms with E-state index in [0.29, 0.717) is 61.6 Å². The zero-order valence-electron chi connectivity index (χ0n) is 20.1. The number of aromatic carboxylic acids is 1. The van der Waals surface area contributed by atoms with Gasteiger partial charge in [-0.05, 0) is 31.4 Å². The minimum Gasteiger partial charge on any atom is -0.477 e. The van der Waals surface area contributed by atoms with Crippen molar-refractivity contribution in [2.75, 3.05) is 51.5 Å². The molecule has 0 aromatic carbocycles. The van der Waals surface area contributed by atoms with Crippen LogP contribution in [-0.4, -0.2) is 82.5 Å². The van der Waals surface area contributed by atoms with Gasteiger partial charge in [-0.2, -0.15) is 4.37 Å². The molecule has 1 aliphatic rings. The molecule has 0 radical (unpaired) electrons. The number of carbonyl (C=O) groups excluding carboxylic acids is 1. The maximum Gasteiger partial charge on any atom is 0.341 e. The van der Waals surface area contributed by atoms with Crippen LogP contribution in [0.4, 0.5) is 5.82 Å². The average molecular weight is 517 g/mol. The van der Waals surface area contributed by atoms with Crippen LogP contribution in [0.2, 0.25) is 0 Å². The molecule has 3 aromatic heterocycles. The lowest BCUT2D eigenvalue weighted by Gasteiger charge is -2.39. The van der Waals surface area contributed by atoms with Crippen LogP contribution < -0.4 is 15.6 Å². The highest BCUT2D eigenvalue weighted by molar-refractivity contribution is 7.08. The number of rotatable bonds is 12. The predicted octanol–water partition coefficient (Wildman–Crippen LogP) is 1.24. The van der Waals surface area contributed by atoms with Crippen LogP contribution in [-0.2, 0) is 14.3 Å². The van der Waals surface area contributed by atoms with E-state index in [1.807, 2.05) is 4.90 Å². The molecule has 1 amide bonds. The van der Waals surface area contributed by atoms with E-state index in [1.165, 1.54) is 17.1 Å². The number of nitrogens with one attached hydrogen (secondary N) is 1. The lowest BCUT2D eigenvalue weighted by molar-refractivity contribution is -0.125. The number of carboxylic acids is 1. The van der Waals surface area contributed by atoms with Crippen LogP contribution in [0, 0.1) is 12.8 Å². The molecule has 1 aliphatic heterocycles. The van der Waals surface area contributed by atoms with E-state index in [4.69, 9.17) is 9.47 Å². The highest BCUT2D eigenvalue weighted by atomic mass is 32.1. The molecule has 0 saturated carbocycles. The van der Waals surface area contributed by atoms with Crippen molar-refractivity contribution in [2.45, 2.75) is 19.8 Å². The van der Waals surface area contributed by atoms with Gasteiger partial charge in [-0.15, -0.1) is 0 Å². The lowest BCUT2D eigenvalue weighted by atomic mass is 9.98. The molecule has 0 aliphatic carbocycles. The summed E-state index contributed by atoms with van der Waals surface area (Å²) < 4.78 is 15.9. The molecule has 0 unspecified atom stereocenters. The highest BCUT2D eigenvalue weighted by Gasteiger charge is 2.34. The van der Waals surface area contributed by atoms with Gasteiger partial charge in [0.25, 0.3) is 0 Å². The van der Waals surface area contributed by atoms with Crippen molar-refractivity contribution in [2.24, 2.45) is 5.92 Å². The quantitative estimate of drug-likeness (QED) is 0.337. The number of nitrogens with zero attached hydrogens (tertiary/aromatic N) is 5. The normalized spacial score (nSPS) is 13.7. The number of amides is 1. The molecule has 0 bridgehead atoms. The summed E-state index contributed by atoms with van der Waals surface area (Å²) in [5, 5.41) is 13.1. The van der Waals surface area contributed by atoms with E-state index in [0.717, 1.165) is 24.4 Å². The summed E-state index contributed by atoms with van der Waals surface area (Å²) >= 11 is 1.06. The first-order valence-corrected chi connectivity index (χ1v) is 12.3. The second-order valence-corrected chi connectivity index (χ2v) is 9.23. The third-order valence-electron chi connectivity index (χ3n) is 5.91. The molecule has 0 spiro atoms. The fourth-order valence-corrected chi connectivity index (χ4v) is 4.49. The second kappa shape index (κ2) is 11.5. The molecule has 4 rings (SSSR count). The molecule has 4 heterocycles. The Bertz CT molecular complexity index is 1290. The van der Waals surface area contributed by atoms with Crippen LogP contribution in [0.3, 0.4) is 0 Å². The van der Waals surface area contributed by atoms with Crippen molar-refractivity contribution in [3.63, 3.8) is 0 Å². The molecule has 36 heavy (non-hydrogen) atoms. The van der Waals surface area contributed by atoms with Gasteiger partial charge < -0.3 is 24.8 Å². The fourth-order valence-electron chi connectivity index (χ4n) is 3.98. The van der Waals surface area contributed by atoms with Crippen molar-refractivity contribution < 1.29 is 24.2 Å². The number of hydrogen-bond acceptors (Lipinski definition) is 10. The van der Waals surface area contributed by atoms with Gasteiger partial charge in [-0.1, -0.05) is 0 Å². The van der Waals surface area contributed by atoms with Gasteiger partial charge in [-0.25, -0.2) is 14.8 Å². The van der Waals surface area contributed by atoms with Crippen LogP contribution in [0.15, 0.2) is 23.4 Å². The summed E-state index contributed by atoms with van der Waals surface area (Å²) in [5.74, 6) is -0.891. The van der Waals surface area contributed by atoms with Gasteiger partial charge in [0, 0.05) is 64.3 Å². The maximum atomic E-state index is 12.9. The Labute approximate surface area is 211 Å². The third kappa shape index (κ3) is 5.53. The summed E-state index contributed by atoms with van der Waals surface area (Å²) in [7, 11) is 1.66. The summed E-state index contributed by atoms with van der Waals surface area (Å²) in [6, 6.07) is 1.74. The average Bonchev–Trinajstić information content (AvgIpc) is 3.34. The smallest absolute Gasteiger partial charge is 0.341 e. The number of hydrogen-bond donors (Lipinski definition) is 2. The Morgan fingerprint density at radius 3 is 2.72 bits per heavy atom. The van der Waals surface area contributed by atoms with E-state index in [1.54, 1.807) is 20.1 Å². The Kier molecular flexibility index (Phi) is 8.23. The largest absolute Gasteiger partial charge is 0.477 e. The van der Waals surface area contributed by atoms with Gasteiger partial charge in [0.2, 0.25) is 16.5 Å². The predicted molar refractivity (Wildman–Crippen MR) is 133 cm³/mol. The van der Waals surface area contributed by atoms with E-state index >= 15 is 0 Å². The molecule has 1 saturated heterocycles. The number of aromatic nitrogens is 4. The SMILES string of the molecule is COCCCOCCCNC(=O)C1CN(c2cc(C)c3c(=O)c(C(=O)O)cn(-c4ncns4)c3n2)C1. The van der Waals surface area contributed by atoms with Crippen molar-refractivity contribution in [3.8, 4) is 5.13 Å². The fraction of sp³-hybridized carbons (Fsp3) is 0.478. The van der Waals surface area contributed by atoms with Gasteiger partial charge in [0.15, 0.2) is 5.65 Å². The van der Waals surface area contributed by atoms with Gasteiger partial charge in [0.05, 0.1) is 11.3 Å². The third-order valence-corrected chi connectivity index (χ3v) is 6.57. The molecule has 3 aromatic rings. The molecular formula is C23H28N6O6S. The zero-order valence-corrected chi connectivity index (χ0v) is 20.9. The zero-order chi connectivity index (χ0) is 25.7. The molecule has 192 valence electrons. The molecule has 1 fully saturated rings. The lowest BCUT2D eigenvalue weighted by Crippen LogP contribution is -2.54. The highest BCUT2D eigenvalue weighted by Crippen LogP contribution is 2.28. The molecule has 2 N–H and O–H groups in total. The topological polar surface area (TPSA) is 149 Å². The molecule has 13 heteroatoms. The van der Waals surface area contributed by atoms with Crippen LogP contribution in [0.1, 0.15) is 28.8 Å². The first-order valence-electron chi connectivity index (χ1n) is 11.6. The van der Waals surface area contributed by atoms with Gasteiger partial charge in [-0.3, -0.25) is 14.2 Å². The maximum absolute atomic E-state index is 12.9. The van der Waals surface area contributed by atoms with Crippen LogP contribution in [0.5, 0.6) is 0 Å². The van der Waals surface area contributed by atoms with Crippen molar-refractivity contribution in [1.82, 2.24) is 24.2 Å². The van der Waals surface area contributed by atoms with Gasteiger partial charge >= 0.3 is 5.97 Å².